The van der Waals surface area contributed by atoms with Gasteiger partial charge in [0.05, 0.1) is 17.0 Å². The summed E-state index contributed by atoms with van der Waals surface area (Å²) in [5, 5.41) is 1.93. The molecule has 4 rings (SSSR count). The molecule has 0 aliphatic carbocycles. The van der Waals surface area contributed by atoms with Gasteiger partial charge >= 0.3 is 0 Å². The maximum Gasteiger partial charge on any atom is 0.194 e. The fourth-order valence-electron chi connectivity index (χ4n) is 2.69. The van der Waals surface area contributed by atoms with Crippen molar-refractivity contribution in [1.29, 1.82) is 0 Å². The van der Waals surface area contributed by atoms with E-state index in [4.69, 9.17) is 0 Å². The second-order valence-electron chi connectivity index (χ2n) is 5.59. The van der Waals surface area contributed by atoms with Gasteiger partial charge in [-0.25, -0.2) is 9.37 Å². The Morgan fingerprint density at radius 1 is 1.15 bits per heavy atom. The third-order valence-corrected chi connectivity index (χ3v) is 5.23. The highest BCUT2D eigenvalue weighted by atomic mass is 79.9. The van der Waals surface area contributed by atoms with Crippen LogP contribution in [0.2, 0.25) is 0 Å². The highest BCUT2D eigenvalue weighted by molar-refractivity contribution is 9.10. The van der Waals surface area contributed by atoms with Crippen molar-refractivity contribution in [3.8, 4) is 11.3 Å². The van der Waals surface area contributed by atoms with E-state index in [2.05, 4.69) is 20.9 Å². The van der Waals surface area contributed by atoms with Crippen molar-refractivity contribution >= 4 is 44.1 Å². The predicted octanol–water partition coefficient (Wildman–Crippen LogP) is 5.86. The lowest BCUT2D eigenvalue weighted by atomic mass is 10.1. The molecule has 4 aromatic rings. The van der Waals surface area contributed by atoms with Crippen molar-refractivity contribution < 1.29 is 9.18 Å². The zero-order valence-electron chi connectivity index (χ0n) is 13.4. The number of imidazole rings is 1. The van der Waals surface area contributed by atoms with Crippen molar-refractivity contribution in [2.75, 3.05) is 0 Å². The third kappa shape index (κ3) is 3.13. The average molecular weight is 427 g/mol. The number of halogens is 2. The Hall–Kier alpha value is -2.57. The summed E-state index contributed by atoms with van der Waals surface area (Å²) in [7, 11) is 0. The topological polar surface area (TPSA) is 34.4 Å². The lowest BCUT2D eigenvalue weighted by Crippen LogP contribution is -1.98. The van der Waals surface area contributed by atoms with Crippen molar-refractivity contribution in [2.24, 2.45) is 0 Å². The molecule has 0 aliphatic rings. The van der Waals surface area contributed by atoms with Gasteiger partial charge in [-0.15, -0.1) is 11.3 Å². The number of fused-ring (bicyclic) bond motifs is 1. The summed E-state index contributed by atoms with van der Waals surface area (Å²) in [6.45, 7) is 0. The number of benzene rings is 2. The summed E-state index contributed by atoms with van der Waals surface area (Å²) in [6.07, 6.45) is 4.99. The third-order valence-electron chi connectivity index (χ3n) is 3.95. The smallest absolute Gasteiger partial charge is 0.194 e. The van der Waals surface area contributed by atoms with Crippen LogP contribution in [-0.2, 0) is 0 Å². The van der Waals surface area contributed by atoms with E-state index in [0.717, 1.165) is 26.4 Å². The molecule has 0 aliphatic heterocycles. The van der Waals surface area contributed by atoms with E-state index in [1.54, 1.807) is 18.2 Å². The average Bonchev–Trinajstić information content (AvgIpc) is 3.22. The molecule has 26 heavy (non-hydrogen) atoms. The van der Waals surface area contributed by atoms with Crippen molar-refractivity contribution in [3.05, 3.63) is 87.7 Å². The Balaban J connectivity index is 1.77. The molecule has 0 spiro atoms. The minimum atomic E-state index is -0.524. The van der Waals surface area contributed by atoms with Gasteiger partial charge < -0.3 is 0 Å². The lowest BCUT2D eigenvalue weighted by molar-refractivity contribution is 0.104. The van der Waals surface area contributed by atoms with Crippen molar-refractivity contribution in [2.45, 2.75) is 0 Å². The van der Waals surface area contributed by atoms with Gasteiger partial charge in [-0.2, -0.15) is 0 Å². The van der Waals surface area contributed by atoms with E-state index in [1.165, 1.54) is 29.5 Å². The molecule has 0 fully saturated rings. The second kappa shape index (κ2) is 6.97. The zero-order chi connectivity index (χ0) is 18.1. The van der Waals surface area contributed by atoms with Crippen molar-refractivity contribution in [1.82, 2.24) is 9.38 Å². The number of thiazole rings is 1. The van der Waals surface area contributed by atoms with Gasteiger partial charge in [-0.1, -0.05) is 40.2 Å². The van der Waals surface area contributed by atoms with E-state index in [0.29, 0.717) is 0 Å². The van der Waals surface area contributed by atoms with Gasteiger partial charge in [0.1, 0.15) is 5.82 Å². The molecule has 0 bridgehead atoms. The Kier molecular flexibility index (Phi) is 4.53. The monoisotopic (exact) mass is 426 g/mol. The molecular formula is C20H12BrFN2OS. The molecule has 0 N–H and O–H groups in total. The van der Waals surface area contributed by atoms with Crippen LogP contribution in [0.4, 0.5) is 4.39 Å². The molecule has 2 heterocycles. The standard InChI is InChI=1S/C20H12BrFN2OS/c21-14-7-5-13(6-8-14)19-17(24-11-12-26-20(24)23-19)9-10-18(25)15-3-1-2-4-16(15)22/h1-12H/b10-9+. The fourth-order valence-corrected chi connectivity index (χ4v) is 3.67. The number of nitrogens with zero attached hydrogens (tertiary/aromatic N) is 2. The van der Waals surface area contributed by atoms with E-state index in [1.807, 2.05) is 40.2 Å². The number of allylic oxidation sites excluding steroid dienone is 1. The molecule has 2 aromatic heterocycles. The number of carbonyl (C=O) groups is 1. The molecular weight excluding hydrogens is 415 g/mol. The van der Waals surface area contributed by atoms with Crippen LogP contribution in [0, 0.1) is 5.82 Å². The van der Waals surface area contributed by atoms with Crippen LogP contribution in [0.25, 0.3) is 22.3 Å². The zero-order valence-corrected chi connectivity index (χ0v) is 15.8. The maximum atomic E-state index is 13.8. The molecule has 3 nitrogen and oxygen atoms in total. The van der Waals surface area contributed by atoms with Crippen LogP contribution < -0.4 is 0 Å². The Morgan fingerprint density at radius 2 is 1.92 bits per heavy atom. The normalized spacial score (nSPS) is 11.5. The predicted molar refractivity (Wildman–Crippen MR) is 106 cm³/mol. The first-order valence-corrected chi connectivity index (χ1v) is 9.49. The van der Waals surface area contributed by atoms with Crippen LogP contribution in [-0.4, -0.2) is 15.2 Å². The molecule has 2 aromatic carbocycles. The first-order chi connectivity index (χ1) is 12.6. The molecule has 0 radical (unpaired) electrons. The summed E-state index contributed by atoms with van der Waals surface area (Å²) in [5.74, 6) is -0.903. The molecule has 6 heteroatoms. The summed E-state index contributed by atoms with van der Waals surface area (Å²) in [6, 6.07) is 13.8. The van der Waals surface area contributed by atoms with Crippen molar-refractivity contribution in [3.63, 3.8) is 0 Å². The summed E-state index contributed by atoms with van der Waals surface area (Å²) in [4.78, 5) is 17.9. The summed E-state index contributed by atoms with van der Waals surface area (Å²) < 4.78 is 16.7. The Morgan fingerprint density at radius 3 is 2.69 bits per heavy atom. The maximum absolute atomic E-state index is 13.8. The van der Waals surface area contributed by atoms with E-state index in [9.17, 15) is 9.18 Å². The Bertz CT molecular complexity index is 1130. The number of aromatic nitrogens is 2. The number of hydrogen-bond acceptors (Lipinski definition) is 3. The highest BCUT2D eigenvalue weighted by Crippen LogP contribution is 2.28. The molecule has 0 atom stereocenters. The van der Waals surface area contributed by atoms with Crippen LogP contribution in [0.3, 0.4) is 0 Å². The van der Waals surface area contributed by atoms with Gasteiger partial charge in [-0.05, 0) is 36.4 Å². The minimum Gasteiger partial charge on any atom is -0.290 e. The Labute approximate surface area is 161 Å². The van der Waals surface area contributed by atoms with E-state index < -0.39 is 5.82 Å². The SMILES string of the molecule is O=C(/C=C/c1c(-c2ccc(Br)cc2)nc2sccn12)c1ccccc1F. The van der Waals surface area contributed by atoms with Gasteiger partial charge in [0, 0.05) is 21.6 Å². The first kappa shape index (κ1) is 16.9. The summed E-state index contributed by atoms with van der Waals surface area (Å²) >= 11 is 4.95. The van der Waals surface area contributed by atoms with Gasteiger partial charge in [-0.3, -0.25) is 9.20 Å². The number of rotatable bonds is 4. The summed E-state index contributed by atoms with van der Waals surface area (Å²) in [5.41, 5.74) is 2.57. The van der Waals surface area contributed by atoms with Gasteiger partial charge in [0.25, 0.3) is 0 Å². The van der Waals surface area contributed by atoms with Crippen LogP contribution in [0.15, 0.2) is 70.7 Å². The van der Waals surface area contributed by atoms with Crippen LogP contribution >= 0.6 is 27.3 Å². The molecule has 0 amide bonds. The first-order valence-electron chi connectivity index (χ1n) is 7.82. The molecule has 0 saturated heterocycles. The van der Waals surface area contributed by atoms with Gasteiger partial charge in [0.15, 0.2) is 10.7 Å². The number of hydrogen-bond donors (Lipinski definition) is 0. The number of ketones is 1. The fraction of sp³-hybridized carbons (Fsp3) is 0. The number of carbonyl (C=O) groups excluding carboxylic acids is 1. The van der Waals surface area contributed by atoms with Crippen LogP contribution in [0.1, 0.15) is 16.1 Å². The lowest BCUT2D eigenvalue weighted by Gasteiger charge is -2.01. The van der Waals surface area contributed by atoms with E-state index >= 15 is 0 Å². The highest BCUT2D eigenvalue weighted by Gasteiger charge is 2.14. The molecule has 0 saturated carbocycles. The molecule has 128 valence electrons. The molecule has 0 unspecified atom stereocenters. The second-order valence-corrected chi connectivity index (χ2v) is 7.37. The van der Waals surface area contributed by atoms with Crippen LogP contribution in [0.5, 0.6) is 0 Å². The minimum absolute atomic E-state index is 0.0556. The largest absolute Gasteiger partial charge is 0.290 e. The van der Waals surface area contributed by atoms with E-state index in [-0.39, 0.29) is 11.3 Å². The quantitative estimate of drug-likeness (QED) is 0.302. The van der Waals surface area contributed by atoms with Gasteiger partial charge in [0.2, 0.25) is 0 Å².